The molecule has 1 atom stereocenters. The zero-order valence-electron chi connectivity index (χ0n) is 18.8. The smallest absolute Gasteiger partial charge is 0.341 e. The summed E-state index contributed by atoms with van der Waals surface area (Å²) in [5.41, 5.74) is -0.123. The highest BCUT2D eigenvalue weighted by Crippen LogP contribution is 2.27. The lowest BCUT2D eigenvalue weighted by atomic mass is 9.93. The number of anilines is 1. The fraction of sp³-hybridized carbons (Fsp3) is 0.652. The third kappa shape index (κ3) is 8.05. The normalized spacial score (nSPS) is 13.1. The van der Waals surface area contributed by atoms with Crippen LogP contribution in [0.3, 0.4) is 0 Å². The highest BCUT2D eigenvalue weighted by atomic mass is 16.5. The van der Waals surface area contributed by atoms with Gasteiger partial charge in [0.15, 0.2) is 0 Å². The molecule has 6 nitrogen and oxygen atoms in total. The Morgan fingerprint density at radius 1 is 1.10 bits per heavy atom. The van der Waals surface area contributed by atoms with E-state index in [9.17, 15) is 9.59 Å². The molecule has 0 aliphatic rings. The quantitative estimate of drug-likeness (QED) is 0.359. The molecule has 1 amide bonds. The maximum atomic E-state index is 13.0. The minimum absolute atomic E-state index is 0.228. The van der Waals surface area contributed by atoms with E-state index in [-0.39, 0.29) is 12.5 Å². The van der Waals surface area contributed by atoms with Crippen molar-refractivity contribution in [1.82, 2.24) is 0 Å². The van der Waals surface area contributed by atoms with Gasteiger partial charge in [-0.25, -0.2) is 4.79 Å². The van der Waals surface area contributed by atoms with Gasteiger partial charge in [0.2, 0.25) is 0 Å². The number of unbranched alkanes of at least 4 members (excludes halogenated alkanes) is 1. The van der Waals surface area contributed by atoms with Crippen LogP contribution in [0.1, 0.15) is 77.6 Å². The van der Waals surface area contributed by atoms with E-state index < -0.39 is 11.6 Å². The van der Waals surface area contributed by atoms with Crippen molar-refractivity contribution >= 4 is 17.6 Å². The second kappa shape index (κ2) is 12.5. The SMILES string of the molecule is CCCCOc1ccc(NC(=O)[C@@](C)(CC(C)C)OCCC)cc1C(=O)OCC. The summed E-state index contributed by atoms with van der Waals surface area (Å²) in [5, 5.41) is 2.90. The number of nitrogens with one attached hydrogen (secondary N) is 1. The zero-order chi connectivity index (χ0) is 21.9. The summed E-state index contributed by atoms with van der Waals surface area (Å²) in [7, 11) is 0. The number of benzene rings is 1. The molecule has 164 valence electrons. The molecule has 6 heteroatoms. The standard InChI is InChI=1S/C23H37NO5/c1-7-10-14-28-20-12-11-18(15-19(20)21(25)27-9-3)24-22(26)23(6,16-17(4)5)29-13-8-2/h11-12,15,17H,7-10,13-14,16H2,1-6H3,(H,24,26)/t23-/m1/s1. The summed E-state index contributed by atoms with van der Waals surface area (Å²) in [6.45, 7) is 13.1. The van der Waals surface area contributed by atoms with Crippen LogP contribution >= 0.6 is 0 Å². The average Bonchev–Trinajstić information content (AvgIpc) is 2.67. The monoisotopic (exact) mass is 407 g/mol. The number of carbonyl (C=O) groups is 2. The van der Waals surface area contributed by atoms with Gasteiger partial charge in [-0.15, -0.1) is 0 Å². The molecule has 1 aromatic rings. The molecule has 29 heavy (non-hydrogen) atoms. The van der Waals surface area contributed by atoms with Gasteiger partial charge in [0.1, 0.15) is 16.9 Å². The van der Waals surface area contributed by atoms with Gasteiger partial charge < -0.3 is 19.5 Å². The van der Waals surface area contributed by atoms with Crippen molar-refractivity contribution < 1.29 is 23.8 Å². The molecular formula is C23H37NO5. The molecule has 0 unspecified atom stereocenters. The lowest BCUT2D eigenvalue weighted by molar-refractivity contribution is -0.141. The molecular weight excluding hydrogens is 370 g/mol. The van der Waals surface area contributed by atoms with E-state index in [0.29, 0.717) is 42.6 Å². The Balaban J connectivity index is 3.07. The Hall–Kier alpha value is -2.08. The van der Waals surface area contributed by atoms with E-state index in [1.165, 1.54) is 0 Å². The predicted molar refractivity (Wildman–Crippen MR) is 116 cm³/mol. The lowest BCUT2D eigenvalue weighted by Crippen LogP contribution is -2.44. The third-order valence-electron chi connectivity index (χ3n) is 4.39. The van der Waals surface area contributed by atoms with Crippen molar-refractivity contribution in [1.29, 1.82) is 0 Å². The van der Waals surface area contributed by atoms with Gasteiger partial charge in [-0.1, -0.05) is 34.1 Å². The molecule has 0 spiro atoms. The van der Waals surface area contributed by atoms with Gasteiger partial charge in [0.25, 0.3) is 5.91 Å². The van der Waals surface area contributed by atoms with Crippen molar-refractivity contribution in [2.45, 2.75) is 72.8 Å². The lowest BCUT2D eigenvalue weighted by Gasteiger charge is -2.30. The van der Waals surface area contributed by atoms with Crippen molar-refractivity contribution in [3.8, 4) is 5.75 Å². The number of hydrogen-bond acceptors (Lipinski definition) is 5. The Morgan fingerprint density at radius 3 is 2.41 bits per heavy atom. The van der Waals surface area contributed by atoms with Crippen molar-refractivity contribution in [3.05, 3.63) is 23.8 Å². The van der Waals surface area contributed by atoms with Gasteiger partial charge in [-0.05, 0) is 57.2 Å². The number of esters is 1. The molecule has 0 aliphatic heterocycles. The minimum atomic E-state index is -0.940. The first-order chi connectivity index (χ1) is 13.8. The summed E-state index contributed by atoms with van der Waals surface area (Å²) in [6, 6.07) is 5.04. The zero-order valence-corrected chi connectivity index (χ0v) is 18.8. The van der Waals surface area contributed by atoms with Crippen molar-refractivity contribution in [3.63, 3.8) is 0 Å². The summed E-state index contributed by atoms with van der Waals surface area (Å²) in [6.07, 6.45) is 3.32. The number of rotatable bonds is 13. The molecule has 0 fully saturated rings. The number of hydrogen-bond donors (Lipinski definition) is 1. The summed E-state index contributed by atoms with van der Waals surface area (Å²) >= 11 is 0. The fourth-order valence-electron chi connectivity index (χ4n) is 3.02. The first kappa shape index (κ1) is 25.0. The van der Waals surface area contributed by atoms with Crippen LogP contribution < -0.4 is 10.1 Å². The van der Waals surface area contributed by atoms with Crippen LogP contribution in [-0.4, -0.2) is 37.3 Å². The van der Waals surface area contributed by atoms with Crippen LogP contribution in [-0.2, 0) is 14.3 Å². The van der Waals surface area contributed by atoms with E-state index in [1.54, 1.807) is 25.1 Å². The van der Waals surface area contributed by atoms with E-state index in [0.717, 1.165) is 19.3 Å². The molecule has 1 N–H and O–H groups in total. The third-order valence-corrected chi connectivity index (χ3v) is 4.39. The molecule has 1 aromatic carbocycles. The Labute approximate surface area is 175 Å². The van der Waals surface area contributed by atoms with E-state index in [4.69, 9.17) is 14.2 Å². The Kier molecular flexibility index (Phi) is 10.7. The molecule has 0 bridgehead atoms. The molecule has 0 heterocycles. The van der Waals surface area contributed by atoms with Crippen molar-refractivity contribution in [2.75, 3.05) is 25.1 Å². The number of carbonyl (C=O) groups excluding carboxylic acids is 2. The van der Waals surface area contributed by atoms with Gasteiger partial charge in [0.05, 0.1) is 13.2 Å². The van der Waals surface area contributed by atoms with Crippen LogP contribution in [0, 0.1) is 5.92 Å². The van der Waals surface area contributed by atoms with Crippen LogP contribution in [0.15, 0.2) is 18.2 Å². The second-order valence-corrected chi connectivity index (χ2v) is 7.76. The van der Waals surface area contributed by atoms with Gasteiger partial charge in [-0.3, -0.25) is 4.79 Å². The summed E-state index contributed by atoms with van der Waals surface area (Å²) < 4.78 is 16.8. The number of amides is 1. The Morgan fingerprint density at radius 2 is 1.83 bits per heavy atom. The fourth-order valence-corrected chi connectivity index (χ4v) is 3.02. The number of ether oxygens (including phenoxy) is 3. The molecule has 0 radical (unpaired) electrons. The van der Waals surface area contributed by atoms with Crippen molar-refractivity contribution in [2.24, 2.45) is 5.92 Å². The van der Waals surface area contributed by atoms with E-state index in [2.05, 4.69) is 26.1 Å². The molecule has 1 rings (SSSR count). The van der Waals surface area contributed by atoms with Crippen LogP contribution in [0.5, 0.6) is 5.75 Å². The first-order valence-corrected chi connectivity index (χ1v) is 10.7. The average molecular weight is 408 g/mol. The Bertz CT molecular complexity index is 659. The first-order valence-electron chi connectivity index (χ1n) is 10.7. The molecule has 0 saturated heterocycles. The van der Waals surface area contributed by atoms with Gasteiger partial charge >= 0.3 is 5.97 Å². The molecule has 0 saturated carbocycles. The maximum Gasteiger partial charge on any atom is 0.341 e. The van der Waals surface area contributed by atoms with Gasteiger partial charge in [-0.2, -0.15) is 0 Å². The van der Waals surface area contributed by atoms with Crippen LogP contribution in [0.25, 0.3) is 0 Å². The van der Waals surface area contributed by atoms with Gasteiger partial charge in [0, 0.05) is 12.3 Å². The van der Waals surface area contributed by atoms with Crippen LogP contribution in [0.2, 0.25) is 0 Å². The molecule has 0 aromatic heterocycles. The highest BCUT2D eigenvalue weighted by molar-refractivity contribution is 5.99. The highest BCUT2D eigenvalue weighted by Gasteiger charge is 2.35. The minimum Gasteiger partial charge on any atom is -0.493 e. The second-order valence-electron chi connectivity index (χ2n) is 7.76. The largest absolute Gasteiger partial charge is 0.493 e. The summed E-state index contributed by atoms with van der Waals surface area (Å²) in [4.78, 5) is 25.4. The topological polar surface area (TPSA) is 73.9 Å². The summed E-state index contributed by atoms with van der Waals surface area (Å²) in [5.74, 6) is 0.0606. The molecule has 0 aliphatic carbocycles. The van der Waals surface area contributed by atoms with Crippen LogP contribution in [0.4, 0.5) is 5.69 Å². The predicted octanol–water partition coefficient (Wildman–Crippen LogP) is 5.21. The van der Waals surface area contributed by atoms with E-state index >= 15 is 0 Å². The van der Waals surface area contributed by atoms with E-state index in [1.807, 2.05) is 13.8 Å². The maximum absolute atomic E-state index is 13.0.